The van der Waals surface area contributed by atoms with Crippen LogP contribution < -0.4 is 0 Å². The molecular formula is C9H2ClF4NO. The number of nitrogens with zero attached hydrogens (tertiary/aromatic N) is 1. The number of rotatable bonds is 1. The predicted octanol–water partition coefficient (Wildman–Crippen LogP) is 3.10. The summed E-state index contributed by atoms with van der Waals surface area (Å²) in [6.45, 7) is 0. The van der Waals surface area contributed by atoms with Gasteiger partial charge in [-0.3, -0.25) is 4.79 Å². The molecule has 0 aliphatic carbocycles. The minimum absolute atomic E-state index is 0.346. The lowest BCUT2D eigenvalue weighted by atomic mass is 10.0. The van der Waals surface area contributed by atoms with Crippen molar-refractivity contribution in [2.75, 3.05) is 0 Å². The molecular weight excluding hydrogens is 250 g/mol. The molecule has 0 saturated heterocycles. The average molecular weight is 252 g/mol. The zero-order chi connectivity index (χ0) is 12.5. The van der Waals surface area contributed by atoms with Crippen molar-refractivity contribution in [1.82, 2.24) is 0 Å². The van der Waals surface area contributed by atoms with E-state index >= 15 is 0 Å². The molecule has 0 bridgehead atoms. The van der Waals surface area contributed by atoms with Crippen molar-refractivity contribution >= 4 is 16.8 Å². The lowest BCUT2D eigenvalue weighted by Gasteiger charge is -2.11. The first-order valence-corrected chi connectivity index (χ1v) is 4.16. The number of carbonyl (C=O) groups is 1. The summed E-state index contributed by atoms with van der Waals surface area (Å²) in [6, 6.07) is 1.91. The Bertz CT molecular complexity index is 490. The fraction of sp³-hybridized carbons (Fsp3) is 0.111. The van der Waals surface area contributed by atoms with Gasteiger partial charge >= 0.3 is 6.18 Å². The van der Waals surface area contributed by atoms with Crippen LogP contribution in [0, 0.1) is 17.1 Å². The molecule has 0 aliphatic heterocycles. The van der Waals surface area contributed by atoms with E-state index < -0.39 is 33.9 Å². The van der Waals surface area contributed by atoms with Crippen molar-refractivity contribution in [3.8, 4) is 6.07 Å². The normalized spacial score (nSPS) is 11.0. The summed E-state index contributed by atoms with van der Waals surface area (Å²) in [6.07, 6.45) is -4.95. The third-order valence-corrected chi connectivity index (χ3v) is 1.92. The van der Waals surface area contributed by atoms with Gasteiger partial charge in [0.25, 0.3) is 5.24 Å². The third kappa shape index (κ3) is 2.31. The van der Waals surface area contributed by atoms with Crippen molar-refractivity contribution in [3.05, 3.63) is 34.6 Å². The molecule has 7 heteroatoms. The molecule has 0 N–H and O–H groups in total. The standard InChI is InChI=1S/C9H2ClF4NO/c10-8(16)6-2-5(11)1-4(3-15)7(6)9(12,13)14/h1-2H. The summed E-state index contributed by atoms with van der Waals surface area (Å²) in [7, 11) is 0. The number of alkyl halides is 3. The van der Waals surface area contributed by atoms with E-state index in [1.165, 1.54) is 6.07 Å². The molecule has 16 heavy (non-hydrogen) atoms. The molecule has 2 nitrogen and oxygen atoms in total. The van der Waals surface area contributed by atoms with E-state index in [0.717, 1.165) is 0 Å². The highest BCUT2D eigenvalue weighted by Crippen LogP contribution is 2.35. The van der Waals surface area contributed by atoms with Crippen LogP contribution in [-0.2, 0) is 6.18 Å². The first-order valence-electron chi connectivity index (χ1n) is 3.78. The van der Waals surface area contributed by atoms with Crippen molar-refractivity contribution in [2.24, 2.45) is 0 Å². The van der Waals surface area contributed by atoms with Gasteiger partial charge in [0.05, 0.1) is 22.8 Å². The predicted molar refractivity (Wildman–Crippen MR) is 46.3 cm³/mol. The Hall–Kier alpha value is -1.61. The highest BCUT2D eigenvalue weighted by molar-refractivity contribution is 6.68. The zero-order valence-electron chi connectivity index (χ0n) is 7.40. The lowest BCUT2D eigenvalue weighted by molar-refractivity contribution is -0.138. The maximum atomic E-state index is 12.8. The molecule has 1 aromatic carbocycles. The fourth-order valence-electron chi connectivity index (χ4n) is 1.16. The second-order valence-electron chi connectivity index (χ2n) is 2.76. The van der Waals surface area contributed by atoms with Gasteiger partial charge in [-0.1, -0.05) is 0 Å². The first-order chi connectivity index (χ1) is 7.27. The molecule has 84 valence electrons. The van der Waals surface area contributed by atoms with Gasteiger partial charge in [0.15, 0.2) is 0 Å². The Balaban J connectivity index is 3.67. The van der Waals surface area contributed by atoms with Crippen molar-refractivity contribution < 1.29 is 22.4 Å². The van der Waals surface area contributed by atoms with Gasteiger partial charge in [0, 0.05) is 0 Å². The number of nitriles is 1. The van der Waals surface area contributed by atoms with E-state index in [1.54, 1.807) is 0 Å². The van der Waals surface area contributed by atoms with Crippen LogP contribution in [-0.4, -0.2) is 5.24 Å². The quantitative estimate of drug-likeness (QED) is 0.568. The minimum atomic E-state index is -4.95. The summed E-state index contributed by atoms with van der Waals surface area (Å²) in [5, 5.41) is 6.97. The van der Waals surface area contributed by atoms with Gasteiger partial charge in [0.2, 0.25) is 0 Å². The zero-order valence-corrected chi connectivity index (χ0v) is 8.16. The fourth-order valence-corrected chi connectivity index (χ4v) is 1.30. The number of carbonyl (C=O) groups excluding carboxylic acids is 1. The van der Waals surface area contributed by atoms with Crippen LogP contribution in [0.15, 0.2) is 12.1 Å². The van der Waals surface area contributed by atoms with Gasteiger partial charge in [-0.15, -0.1) is 0 Å². The number of halogens is 5. The van der Waals surface area contributed by atoms with Gasteiger partial charge < -0.3 is 0 Å². The SMILES string of the molecule is N#Cc1cc(F)cc(C(=O)Cl)c1C(F)(F)F. The second-order valence-corrected chi connectivity index (χ2v) is 3.10. The smallest absolute Gasteiger partial charge is 0.276 e. The molecule has 0 radical (unpaired) electrons. The maximum Gasteiger partial charge on any atom is 0.418 e. The molecule has 0 fully saturated rings. The highest BCUT2D eigenvalue weighted by Gasteiger charge is 2.38. The van der Waals surface area contributed by atoms with E-state index in [1.807, 2.05) is 0 Å². The topological polar surface area (TPSA) is 40.9 Å². The van der Waals surface area contributed by atoms with E-state index in [9.17, 15) is 22.4 Å². The van der Waals surface area contributed by atoms with Gasteiger partial charge in [-0.05, 0) is 23.7 Å². The summed E-state index contributed by atoms with van der Waals surface area (Å²) in [4.78, 5) is 10.7. The molecule has 1 rings (SSSR count). The maximum absolute atomic E-state index is 12.8. The molecule has 0 amide bonds. The van der Waals surface area contributed by atoms with E-state index in [0.29, 0.717) is 12.1 Å². The Morgan fingerprint density at radius 3 is 2.31 bits per heavy atom. The van der Waals surface area contributed by atoms with Crippen LogP contribution in [0.2, 0.25) is 0 Å². The van der Waals surface area contributed by atoms with E-state index in [-0.39, 0.29) is 0 Å². The largest absolute Gasteiger partial charge is 0.418 e. The molecule has 0 aliphatic rings. The first kappa shape index (κ1) is 12.5. The van der Waals surface area contributed by atoms with Crippen LogP contribution in [0.1, 0.15) is 21.5 Å². The third-order valence-electron chi connectivity index (χ3n) is 1.72. The van der Waals surface area contributed by atoms with Crippen LogP contribution >= 0.6 is 11.6 Å². The average Bonchev–Trinajstić information content (AvgIpc) is 2.14. The van der Waals surface area contributed by atoms with Crippen LogP contribution in [0.3, 0.4) is 0 Å². The minimum Gasteiger partial charge on any atom is -0.276 e. The van der Waals surface area contributed by atoms with Gasteiger partial charge in [-0.25, -0.2) is 4.39 Å². The number of hydrogen-bond donors (Lipinski definition) is 0. The number of benzene rings is 1. The van der Waals surface area contributed by atoms with Crippen LogP contribution in [0.25, 0.3) is 0 Å². The highest BCUT2D eigenvalue weighted by atomic mass is 35.5. The van der Waals surface area contributed by atoms with E-state index in [4.69, 9.17) is 16.9 Å². The molecule has 0 atom stereocenters. The van der Waals surface area contributed by atoms with Crippen molar-refractivity contribution in [1.29, 1.82) is 5.26 Å². The monoisotopic (exact) mass is 251 g/mol. The lowest BCUT2D eigenvalue weighted by Crippen LogP contribution is -2.14. The summed E-state index contributed by atoms with van der Waals surface area (Å²) < 4.78 is 50.3. The molecule has 0 aromatic heterocycles. The van der Waals surface area contributed by atoms with Gasteiger partial charge in [-0.2, -0.15) is 18.4 Å². The summed E-state index contributed by atoms with van der Waals surface area (Å²) in [5.41, 5.74) is -3.56. The summed E-state index contributed by atoms with van der Waals surface area (Å²) in [5.74, 6) is -1.13. The molecule has 0 saturated carbocycles. The molecule has 0 heterocycles. The van der Waals surface area contributed by atoms with Crippen LogP contribution in [0.5, 0.6) is 0 Å². The Morgan fingerprint density at radius 2 is 1.94 bits per heavy atom. The van der Waals surface area contributed by atoms with Crippen LogP contribution in [0.4, 0.5) is 17.6 Å². The van der Waals surface area contributed by atoms with Gasteiger partial charge in [0.1, 0.15) is 5.82 Å². The summed E-state index contributed by atoms with van der Waals surface area (Å²) >= 11 is 4.90. The number of hydrogen-bond acceptors (Lipinski definition) is 2. The molecule has 0 spiro atoms. The Kier molecular flexibility index (Phi) is 3.19. The Labute approximate surface area is 92.0 Å². The Morgan fingerprint density at radius 1 is 1.38 bits per heavy atom. The van der Waals surface area contributed by atoms with E-state index in [2.05, 4.69) is 0 Å². The second kappa shape index (κ2) is 4.10. The van der Waals surface area contributed by atoms with Crippen molar-refractivity contribution in [3.63, 3.8) is 0 Å². The van der Waals surface area contributed by atoms with Crippen molar-refractivity contribution in [2.45, 2.75) is 6.18 Å². The molecule has 0 unspecified atom stereocenters. The molecule has 1 aromatic rings.